The standard InChI is InChI=1S/C16H12N2O2S2/c1-9(19)10-2-4-11(5-3-10)14-7-6-12(22-14)8-13-15(20)18-16(21)17-13/h2-8H,1H3,(H2,17,18,20,21). The summed E-state index contributed by atoms with van der Waals surface area (Å²) in [6.45, 7) is 1.55. The number of nitrogens with one attached hydrogen (secondary N) is 2. The van der Waals surface area contributed by atoms with Crippen molar-refractivity contribution in [3.05, 3.63) is 52.5 Å². The number of carbonyl (C=O) groups excluding carboxylic acids is 2. The lowest BCUT2D eigenvalue weighted by Gasteiger charge is -1.99. The van der Waals surface area contributed by atoms with Gasteiger partial charge in [0.05, 0.1) is 0 Å². The first-order valence-electron chi connectivity index (χ1n) is 6.58. The molecule has 2 N–H and O–H groups in total. The number of thiophene rings is 1. The Labute approximate surface area is 136 Å². The Morgan fingerprint density at radius 3 is 2.45 bits per heavy atom. The van der Waals surface area contributed by atoms with E-state index in [9.17, 15) is 9.59 Å². The van der Waals surface area contributed by atoms with Crippen LogP contribution in [0.1, 0.15) is 22.2 Å². The average molecular weight is 328 g/mol. The zero-order valence-electron chi connectivity index (χ0n) is 11.7. The van der Waals surface area contributed by atoms with Crippen LogP contribution >= 0.6 is 23.6 Å². The van der Waals surface area contributed by atoms with Crippen LogP contribution in [-0.2, 0) is 4.79 Å². The number of Topliss-reactive ketones (excluding diaryl/α,β-unsaturated/α-hetero) is 1. The van der Waals surface area contributed by atoms with E-state index in [1.165, 1.54) is 0 Å². The SMILES string of the molecule is CC(=O)c1ccc(-c2ccc(C=C3NC(=S)NC3=O)s2)cc1. The number of hydrogen-bond donors (Lipinski definition) is 2. The van der Waals surface area contributed by atoms with Gasteiger partial charge in [0.15, 0.2) is 10.9 Å². The largest absolute Gasteiger partial charge is 0.328 e. The highest BCUT2D eigenvalue weighted by Gasteiger charge is 2.20. The van der Waals surface area contributed by atoms with Crippen LogP contribution < -0.4 is 10.6 Å². The van der Waals surface area contributed by atoms with Crippen molar-refractivity contribution in [2.45, 2.75) is 6.92 Å². The molecule has 2 aromatic rings. The predicted molar refractivity (Wildman–Crippen MR) is 91.6 cm³/mol. The van der Waals surface area contributed by atoms with Crippen LogP contribution in [0.5, 0.6) is 0 Å². The molecule has 0 spiro atoms. The Hall–Kier alpha value is -2.31. The third-order valence-electron chi connectivity index (χ3n) is 3.21. The summed E-state index contributed by atoms with van der Waals surface area (Å²) in [7, 11) is 0. The Morgan fingerprint density at radius 1 is 1.14 bits per heavy atom. The van der Waals surface area contributed by atoms with E-state index in [4.69, 9.17) is 12.2 Å². The minimum atomic E-state index is -0.217. The molecular weight excluding hydrogens is 316 g/mol. The second-order valence-electron chi connectivity index (χ2n) is 4.80. The zero-order chi connectivity index (χ0) is 15.7. The van der Waals surface area contributed by atoms with Crippen LogP contribution in [0.3, 0.4) is 0 Å². The van der Waals surface area contributed by atoms with Crippen LogP contribution in [0.2, 0.25) is 0 Å². The first kappa shape index (κ1) is 14.6. The van der Waals surface area contributed by atoms with E-state index in [1.54, 1.807) is 24.3 Å². The molecule has 1 aromatic carbocycles. The van der Waals surface area contributed by atoms with E-state index in [-0.39, 0.29) is 11.7 Å². The van der Waals surface area contributed by atoms with Crippen LogP contribution in [0.4, 0.5) is 0 Å². The first-order valence-corrected chi connectivity index (χ1v) is 7.80. The summed E-state index contributed by atoms with van der Waals surface area (Å²) in [5.41, 5.74) is 2.19. The minimum Gasteiger partial charge on any atom is -0.328 e. The van der Waals surface area contributed by atoms with Crippen LogP contribution in [0, 0.1) is 0 Å². The van der Waals surface area contributed by atoms with E-state index >= 15 is 0 Å². The van der Waals surface area contributed by atoms with Crippen molar-refractivity contribution >= 4 is 46.4 Å². The second kappa shape index (κ2) is 5.82. The van der Waals surface area contributed by atoms with E-state index in [0.717, 1.165) is 15.3 Å². The van der Waals surface area contributed by atoms with Crippen molar-refractivity contribution in [2.75, 3.05) is 0 Å². The molecule has 22 heavy (non-hydrogen) atoms. The molecule has 0 radical (unpaired) electrons. The lowest BCUT2D eigenvalue weighted by Crippen LogP contribution is -2.21. The molecule has 6 heteroatoms. The van der Waals surface area contributed by atoms with Crippen molar-refractivity contribution < 1.29 is 9.59 Å². The van der Waals surface area contributed by atoms with Gasteiger partial charge in [-0.05, 0) is 42.9 Å². The summed E-state index contributed by atoms with van der Waals surface area (Å²) in [5, 5.41) is 5.68. The Bertz CT molecular complexity index is 804. The lowest BCUT2D eigenvalue weighted by molar-refractivity contribution is -0.115. The molecule has 2 heterocycles. The van der Waals surface area contributed by atoms with Gasteiger partial charge in [-0.15, -0.1) is 11.3 Å². The maximum Gasteiger partial charge on any atom is 0.273 e. The van der Waals surface area contributed by atoms with Gasteiger partial charge >= 0.3 is 0 Å². The lowest BCUT2D eigenvalue weighted by atomic mass is 10.1. The van der Waals surface area contributed by atoms with Gasteiger partial charge in [-0.2, -0.15) is 0 Å². The molecule has 1 saturated heterocycles. The molecule has 0 aliphatic carbocycles. The summed E-state index contributed by atoms with van der Waals surface area (Å²) in [6, 6.07) is 11.4. The Kier molecular flexibility index (Phi) is 3.87. The van der Waals surface area contributed by atoms with Gasteiger partial charge in [0.25, 0.3) is 5.91 Å². The number of amides is 1. The van der Waals surface area contributed by atoms with Gasteiger partial charge in [0.1, 0.15) is 5.70 Å². The monoisotopic (exact) mass is 328 g/mol. The Morgan fingerprint density at radius 2 is 1.86 bits per heavy atom. The molecule has 1 aromatic heterocycles. The summed E-state index contributed by atoms with van der Waals surface area (Å²) in [5.74, 6) is -0.164. The molecule has 0 atom stereocenters. The summed E-state index contributed by atoms with van der Waals surface area (Å²) in [4.78, 5) is 24.9. The minimum absolute atomic E-state index is 0.0532. The van der Waals surface area contributed by atoms with E-state index in [2.05, 4.69) is 10.6 Å². The highest BCUT2D eigenvalue weighted by Crippen LogP contribution is 2.29. The van der Waals surface area contributed by atoms with Crippen molar-refractivity contribution in [3.8, 4) is 10.4 Å². The molecule has 4 nitrogen and oxygen atoms in total. The van der Waals surface area contributed by atoms with Crippen LogP contribution in [0.15, 0.2) is 42.1 Å². The molecule has 3 rings (SSSR count). The number of carbonyl (C=O) groups is 2. The summed E-state index contributed by atoms with van der Waals surface area (Å²) in [6.07, 6.45) is 1.77. The third kappa shape index (κ3) is 2.98. The number of rotatable bonds is 3. The molecule has 1 amide bonds. The van der Waals surface area contributed by atoms with E-state index < -0.39 is 0 Å². The summed E-state index contributed by atoms with van der Waals surface area (Å²) < 4.78 is 0. The summed E-state index contributed by atoms with van der Waals surface area (Å²) >= 11 is 6.46. The second-order valence-corrected chi connectivity index (χ2v) is 6.33. The highest BCUT2D eigenvalue weighted by molar-refractivity contribution is 7.80. The maximum absolute atomic E-state index is 11.6. The normalized spacial score (nSPS) is 15.8. The molecule has 110 valence electrons. The maximum atomic E-state index is 11.6. The molecule has 1 fully saturated rings. The van der Waals surface area contributed by atoms with E-state index in [0.29, 0.717) is 16.4 Å². The molecule has 1 aliphatic heterocycles. The molecule has 1 aliphatic rings. The number of hydrogen-bond acceptors (Lipinski definition) is 4. The van der Waals surface area contributed by atoms with Crippen LogP contribution in [0.25, 0.3) is 16.5 Å². The fraction of sp³-hybridized carbons (Fsp3) is 0.0625. The van der Waals surface area contributed by atoms with Crippen molar-refractivity contribution in [2.24, 2.45) is 0 Å². The van der Waals surface area contributed by atoms with Crippen molar-refractivity contribution in [1.29, 1.82) is 0 Å². The molecule has 0 unspecified atom stereocenters. The zero-order valence-corrected chi connectivity index (χ0v) is 13.3. The van der Waals surface area contributed by atoms with Crippen molar-refractivity contribution in [1.82, 2.24) is 10.6 Å². The van der Waals surface area contributed by atoms with Gasteiger partial charge in [-0.25, -0.2) is 0 Å². The highest BCUT2D eigenvalue weighted by atomic mass is 32.1. The van der Waals surface area contributed by atoms with E-state index in [1.807, 2.05) is 36.4 Å². The fourth-order valence-corrected chi connectivity index (χ4v) is 3.24. The molecule has 0 saturated carbocycles. The van der Waals surface area contributed by atoms with Gasteiger partial charge in [0.2, 0.25) is 0 Å². The quantitative estimate of drug-likeness (QED) is 0.517. The number of thiocarbonyl (C=S) groups is 1. The number of ketones is 1. The van der Waals surface area contributed by atoms with Gasteiger partial charge in [-0.3, -0.25) is 14.9 Å². The first-order chi connectivity index (χ1) is 10.5. The average Bonchev–Trinajstić information content (AvgIpc) is 3.06. The van der Waals surface area contributed by atoms with Gasteiger partial charge in [0, 0.05) is 15.3 Å². The Balaban J connectivity index is 1.85. The van der Waals surface area contributed by atoms with Crippen molar-refractivity contribution in [3.63, 3.8) is 0 Å². The molecule has 0 bridgehead atoms. The van der Waals surface area contributed by atoms with Gasteiger partial charge in [-0.1, -0.05) is 24.3 Å². The predicted octanol–water partition coefficient (Wildman–Crippen LogP) is 2.96. The molecular formula is C16H12N2O2S2. The van der Waals surface area contributed by atoms with Crippen LogP contribution in [-0.4, -0.2) is 16.8 Å². The van der Waals surface area contributed by atoms with Gasteiger partial charge < -0.3 is 5.32 Å². The topological polar surface area (TPSA) is 58.2 Å². The number of benzene rings is 1. The smallest absolute Gasteiger partial charge is 0.273 e. The fourth-order valence-electron chi connectivity index (χ4n) is 2.08. The third-order valence-corrected chi connectivity index (χ3v) is 4.49.